The molecule has 2 aliphatic rings. The summed E-state index contributed by atoms with van der Waals surface area (Å²) in [4.78, 5) is 33.6. The van der Waals surface area contributed by atoms with E-state index < -0.39 is 51.3 Å². The lowest BCUT2D eigenvalue weighted by Gasteiger charge is -2.36. The first kappa shape index (κ1) is 28.9. The van der Waals surface area contributed by atoms with E-state index in [1.54, 1.807) is 24.3 Å². The molecule has 8 nitrogen and oxygen atoms in total. The minimum absolute atomic E-state index is 0.0372. The highest BCUT2D eigenvalue weighted by Crippen LogP contribution is 2.37. The van der Waals surface area contributed by atoms with Gasteiger partial charge >= 0.3 is 0 Å². The van der Waals surface area contributed by atoms with Gasteiger partial charge < -0.3 is 5.32 Å². The van der Waals surface area contributed by atoms with Crippen molar-refractivity contribution in [2.24, 2.45) is 0 Å². The maximum atomic E-state index is 14.6. The van der Waals surface area contributed by atoms with Gasteiger partial charge in [0.2, 0.25) is 15.9 Å². The quantitative estimate of drug-likeness (QED) is 0.403. The summed E-state index contributed by atoms with van der Waals surface area (Å²) in [5.41, 5.74) is 0.325. The minimum atomic E-state index is -4.06. The van der Waals surface area contributed by atoms with Crippen molar-refractivity contribution in [3.05, 3.63) is 89.1 Å². The number of anilines is 2. The molecule has 1 aliphatic heterocycles. The second kappa shape index (κ2) is 12.1. The monoisotopic (exact) mass is 602 g/mol. The summed E-state index contributed by atoms with van der Waals surface area (Å²) in [6.45, 7) is 0. The van der Waals surface area contributed by atoms with E-state index in [1.165, 1.54) is 18.2 Å². The summed E-state index contributed by atoms with van der Waals surface area (Å²) >= 11 is 6.57. The first-order valence-electron chi connectivity index (χ1n) is 13.4. The van der Waals surface area contributed by atoms with Gasteiger partial charge in [-0.1, -0.05) is 55.1 Å². The summed E-state index contributed by atoms with van der Waals surface area (Å²) in [6, 6.07) is 10.8. The van der Waals surface area contributed by atoms with Gasteiger partial charge in [-0.05, 0) is 49.6 Å². The van der Waals surface area contributed by atoms with E-state index in [4.69, 9.17) is 11.6 Å². The SMILES string of the molecule is O=C(NC1CCCCC1)[C@H](c1ccccc1Cl)N(C(=O)[C@@H]1CCS(=O)(=O)N1c1cc(F)ccn1)c1cccc(F)c1. The second-order valence-electron chi connectivity index (χ2n) is 10.2. The van der Waals surface area contributed by atoms with Crippen LogP contribution in [0.25, 0.3) is 0 Å². The van der Waals surface area contributed by atoms with Crippen LogP contribution >= 0.6 is 11.6 Å². The number of halogens is 3. The lowest BCUT2D eigenvalue weighted by molar-refractivity contribution is -0.127. The van der Waals surface area contributed by atoms with Gasteiger partial charge in [0, 0.05) is 34.6 Å². The van der Waals surface area contributed by atoms with Gasteiger partial charge in [0.25, 0.3) is 5.91 Å². The number of hydrogen-bond acceptors (Lipinski definition) is 5. The Hall–Kier alpha value is -3.57. The average molecular weight is 603 g/mol. The fourth-order valence-electron chi connectivity index (χ4n) is 5.52. The molecular formula is C29H29ClF2N4O4S. The molecule has 216 valence electrons. The highest BCUT2D eigenvalue weighted by atomic mass is 35.5. The number of rotatable bonds is 7. The van der Waals surface area contributed by atoms with Crippen LogP contribution in [0, 0.1) is 11.6 Å². The van der Waals surface area contributed by atoms with Gasteiger partial charge in [-0.3, -0.25) is 14.5 Å². The van der Waals surface area contributed by atoms with E-state index in [-0.39, 0.29) is 34.6 Å². The number of hydrogen-bond donors (Lipinski definition) is 1. The van der Waals surface area contributed by atoms with Crippen LogP contribution in [0.4, 0.5) is 20.3 Å². The first-order valence-corrected chi connectivity index (χ1v) is 15.4. The predicted molar refractivity (Wildman–Crippen MR) is 152 cm³/mol. The molecule has 1 N–H and O–H groups in total. The Kier molecular flexibility index (Phi) is 8.55. The van der Waals surface area contributed by atoms with Crippen LogP contribution in [0.1, 0.15) is 50.1 Å². The molecule has 0 radical (unpaired) electrons. The molecular weight excluding hydrogens is 574 g/mol. The maximum absolute atomic E-state index is 14.6. The smallest absolute Gasteiger partial charge is 0.252 e. The Balaban J connectivity index is 1.64. The summed E-state index contributed by atoms with van der Waals surface area (Å²) in [7, 11) is -4.06. The van der Waals surface area contributed by atoms with E-state index >= 15 is 0 Å². The van der Waals surface area contributed by atoms with E-state index in [0.717, 1.165) is 65.7 Å². The normalized spacial score (nSPS) is 19.5. The van der Waals surface area contributed by atoms with Gasteiger partial charge in [0.05, 0.1) is 5.75 Å². The van der Waals surface area contributed by atoms with Crippen LogP contribution in [0.2, 0.25) is 5.02 Å². The van der Waals surface area contributed by atoms with Gasteiger partial charge in [0.1, 0.15) is 29.5 Å². The fourth-order valence-corrected chi connectivity index (χ4v) is 7.45. The molecule has 5 rings (SSSR count). The third-order valence-corrected chi connectivity index (χ3v) is 9.57. The zero-order valence-corrected chi connectivity index (χ0v) is 23.6. The molecule has 1 saturated carbocycles. The summed E-state index contributed by atoms with van der Waals surface area (Å²) in [5, 5.41) is 3.24. The number of benzene rings is 2. The molecule has 2 atom stereocenters. The van der Waals surface area contributed by atoms with Gasteiger partial charge in [-0.25, -0.2) is 26.5 Å². The molecule has 0 bridgehead atoms. The Labute approximate surface area is 242 Å². The standard InChI is InChI=1S/C29H29ClF2N4O4S/c30-24-12-5-4-11-23(24)27(28(37)34-21-8-2-1-3-9-21)35(22-10-6-7-19(31)17-22)29(38)25-14-16-41(39,40)36(25)26-18-20(32)13-15-33-26/h4-7,10-13,15,17-18,21,25,27H,1-3,8-9,14,16H2,(H,34,37)/t25-,27-/m0/s1. The Morgan fingerprint density at radius 2 is 1.71 bits per heavy atom. The van der Waals surface area contributed by atoms with Crippen LogP contribution in [0.5, 0.6) is 0 Å². The minimum Gasteiger partial charge on any atom is -0.351 e. The van der Waals surface area contributed by atoms with Gasteiger partial charge in [-0.2, -0.15) is 0 Å². The van der Waals surface area contributed by atoms with Crippen molar-refractivity contribution < 1.29 is 26.8 Å². The van der Waals surface area contributed by atoms with Crippen LogP contribution in [0.15, 0.2) is 66.9 Å². The van der Waals surface area contributed by atoms with E-state index in [9.17, 15) is 26.8 Å². The summed E-state index contributed by atoms with van der Waals surface area (Å²) in [5.74, 6) is -3.38. The molecule has 3 aromatic rings. The molecule has 12 heteroatoms. The van der Waals surface area contributed by atoms with E-state index in [2.05, 4.69) is 10.3 Å². The third kappa shape index (κ3) is 6.20. The molecule has 0 spiro atoms. The van der Waals surface area contributed by atoms with Crippen molar-refractivity contribution in [2.45, 2.75) is 56.7 Å². The highest BCUT2D eigenvalue weighted by molar-refractivity contribution is 7.93. The van der Waals surface area contributed by atoms with Crippen molar-refractivity contribution in [3.8, 4) is 0 Å². The fraction of sp³-hybridized carbons (Fsp3) is 0.345. The second-order valence-corrected chi connectivity index (χ2v) is 12.6. The van der Waals surface area contributed by atoms with Crippen molar-refractivity contribution in [1.82, 2.24) is 10.3 Å². The molecule has 0 unspecified atom stereocenters. The van der Waals surface area contributed by atoms with E-state index in [1.807, 2.05) is 0 Å². The molecule has 1 aromatic heterocycles. The largest absolute Gasteiger partial charge is 0.351 e. The van der Waals surface area contributed by atoms with Crippen molar-refractivity contribution in [1.29, 1.82) is 0 Å². The number of sulfonamides is 1. The lowest BCUT2D eigenvalue weighted by Crippen LogP contribution is -2.53. The molecule has 2 fully saturated rings. The van der Waals surface area contributed by atoms with Crippen molar-refractivity contribution in [2.75, 3.05) is 15.0 Å². The third-order valence-electron chi connectivity index (χ3n) is 7.43. The molecule has 41 heavy (non-hydrogen) atoms. The zero-order valence-electron chi connectivity index (χ0n) is 22.0. The number of nitrogens with zero attached hydrogens (tertiary/aromatic N) is 3. The Morgan fingerprint density at radius 3 is 2.41 bits per heavy atom. The van der Waals surface area contributed by atoms with Crippen molar-refractivity contribution in [3.63, 3.8) is 0 Å². The van der Waals surface area contributed by atoms with Crippen molar-refractivity contribution >= 4 is 44.9 Å². The maximum Gasteiger partial charge on any atom is 0.252 e. The Bertz CT molecular complexity index is 1550. The van der Waals surface area contributed by atoms with Crippen LogP contribution in [-0.2, 0) is 19.6 Å². The number of pyridine rings is 1. The zero-order chi connectivity index (χ0) is 29.1. The predicted octanol–water partition coefficient (Wildman–Crippen LogP) is 5.15. The summed E-state index contributed by atoms with van der Waals surface area (Å²) in [6.07, 6.45) is 5.46. The molecule has 2 amide bonds. The van der Waals surface area contributed by atoms with Gasteiger partial charge in [-0.15, -0.1) is 0 Å². The van der Waals surface area contributed by atoms with Gasteiger partial charge in [0.15, 0.2) is 0 Å². The van der Waals surface area contributed by atoms with Crippen LogP contribution < -0.4 is 14.5 Å². The van der Waals surface area contributed by atoms with E-state index in [0.29, 0.717) is 0 Å². The number of nitrogens with one attached hydrogen (secondary N) is 1. The molecule has 1 saturated heterocycles. The Morgan fingerprint density at radius 1 is 0.976 bits per heavy atom. The molecule has 2 aromatic carbocycles. The van der Waals surface area contributed by atoms with Crippen LogP contribution in [-0.4, -0.2) is 43.1 Å². The molecule has 2 heterocycles. The molecule has 1 aliphatic carbocycles. The summed E-state index contributed by atoms with van der Waals surface area (Å²) < 4.78 is 55.7. The number of amides is 2. The number of carbonyl (C=O) groups excluding carboxylic acids is 2. The number of aromatic nitrogens is 1. The average Bonchev–Trinajstić information content (AvgIpc) is 3.27. The number of carbonyl (C=O) groups is 2. The van der Waals surface area contributed by atoms with Crippen LogP contribution in [0.3, 0.4) is 0 Å². The lowest BCUT2D eigenvalue weighted by atomic mass is 9.94. The topological polar surface area (TPSA) is 99.7 Å². The first-order chi connectivity index (χ1) is 19.7. The highest BCUT2D eigenvalue weighted by Gasteiger charge is 2.47.